The van der Waals surface area contributed by atoms with Crippen LogP contribution in [-0.2, 0) is 25.0 Å². The second-order valence-electron chi connectivity index (χ2n) is 3.66. The van der Waals surface area contributed by atoms with Crippen LogP contribution in [0, 0.1) is 0 Å². The molecule has 7 nitrogen and oxygen atoms in total. The highest BCUT2D eigenvalue weighted by Gasteiger charge is 2.15. The Kier molecular flexibility index (Phi) is 9.85. The Bertz CT molecular complexity index is 478. The highest BCUT2D eigenvalue weighted by molar-refractivity contribution is 8.01. The smallest absolute Gasteiger partial charge is 0.265 e. The van der Waals surface area contributed by atoms with Gasteiger partial charge in [0.2, 0.25) is 0 Å². The molecule has 0 spiro atoms. The fourth-order valence-corrected chi connectivity index (χ4v) is 4.66. The predicted octanol–water partition coefficient (Wildman–Crippen LogP) is 1.27. The molecule has 0 aromatic rings. The molecule has 11 heteroatoms. The van der Waals surface area contributed by atoms with E-state index in [2.05, 4.69) is 13.2 Å². The van der Waals surface area contributed by atoms with E-state index in [0.29, 0.717) is 0 Å². The molecule has 0 aromatic carbocycles. The largest absolute Gasteiger partial charge is 0.345 e. The van der Waals surface area contributed by atoms with Crippen molar-refractivity contribution < 1.29 is 30.7 Å². The van der Waals surface area contributed by atoms with Gasteiger partial charge in [0, 0.05) is 11.5 Å². The minimum absolute atomic E-state index is 0.120. The van der Waals surface area contributed by atoms with Crippen molar-refractivity contribution >= 4 is 43.8 Å². The summed E-state index contributed by atoms with van der Waals surface area (Å²) in [6.45, 7) is 7.09. The number of rotatable bonds is 12. The van der Waals surface area contributed by atoms with Crippen molar-refractivity contribution in [1.29, 1.82) is 0 Å². The molecule has 0 radical (unpaired) electrons. The molecule has 2 unspecified atom stereocenters. The predicted molar refractivity (Wildman–Crippen MR) is 86.8 cm³/mol. The van der Waals surface area contributed by atoms with Gasteiger partial charge < -0.3 is 4.74 Å². The van der Waals surface area contributed by atoms with Crippen LogP contribution < -0.4 is 0 Å². The molecular formula is C10H18O7S4. The number of hydrogen-bond acceptors (Lipinski definition) is 7. The highest BCUT2D eigenvalue weighted by atomic mass is 32.2. The van der Waals surface area contributed by atoms with Gasteiger partial charge >= 0.3 is 0 Å². The van der Waals surface area contributed by atoms with E-state index in [9.17, 15) is 16.8 Å². The Labute approximate surface area is 133 Å². The molecule has 124 valence electrons. The van der Waals surface area contributed by atoms with Crippen molar-refractivity contribution in [3.8, 4) is 0 Å². The summed E-state index contributed by atoms with van der Waals surface area (Å²) in [6.07, 6.45) is 2.91. The first-order valence-corrected chi connectivity index (χ1v) is 10.9. The maximum atomic E-state index is 10.6. The molecule has 0 rings (SSSR count). The van der Waals surface area contributed by atoms with Gasteiger partial charge in [-0.15, -0.1) is 23.5 Å². The molecule has 0 bridgehead atoms. The van der Waals surface area contributed by atoms with Crippen LogP contribution in [0.4, 0.5) is 0 Å². The summed E-state index contributed by atoms with van der Waals surface area (Å²) in [5, 5.41) is 0. The molecule has 21 heavy (non-hydrogen) atoms. The fourth-order valence-electron chi connectivity index (χ4n) is 0.997. The van der Waals surface area contributed by atoms with E-state index in [1.165, 1.54) is 12.2 Å². The van der Waals surface area contributed by atoms with Crippen molar-refractivity contribution in [2.75, 3.05) is 23.0 Å². The molecule has 0 heterocycles. The van der Waals surface area contributed by atoms with Gasteiger partial charge in [0.15, 0.2) is 0 Å². The molecule has 0 saturated heterocycles. The molecule has 0 aliphatic carbocycles. The lowest BCUT2D eigenvalue weighted by atomic mass is 10.6. The Morgan fingerprint density at radius 1 is 0.905 bits per heavy atom. The Hall–Kier alpha value is -0.0400. The van der Waals surface area contributed by atoms with Gasteiger partial charge in [0.05, 0.1) is 11.5 Å². The van der Waals surface area contributed by atoms with E-state index in [1.807, 2.05) is 0 Å². The van der Waals surface area contributed by atoms with Gasteiger partial charge in [-0.3, -0.25) is 9.11 Å². The van der Waals surface area contributed by atoms with Crippen LogP contribution >= 0.6 is 23.5 Å². The first-order chi connectivity index (χ1) is 9.57. The van der Waals surface area contributed by atoms with Crippen LogP contribution in [0.2, 0.25) is 0 Å². The maximum absolute atomic E-state index is 10.6. The van der Waals surface area contributed by atoms with Crippen LogP contribution in [0.25, 0.3) is 0 Å². The first kappa shape index (κ1) is 21.0. The zero-order valence-corrected chi connectivity index (χ0v) is 14.4. The lowest BCUT2D eigenvalue weighted by Gasteiger charge is -2.19. The number of thioether (sulfide) groups is 2. The van der Waals surface area contributed by atoms with E-state index in [0.717, 1.165) is 23.5 Å². The van der Waals surface area contributed by atoms with Gasteiger partial charge in [0.25, 0.3) is 20.2 Å². The molecule has 2 N–H and O–H groups in total. The van der Waals surface area contributed by atoms with E-state index < -0.39 is 42.6 Å². The topological polar surface area (TPSA) is 118 Å². The van der Waals surface area contributed by atoms with E-state index in [-0.39, 0.29) is 11.5 Å². The molecule has 0 saturated carbocycles. The minimum atomic E-state index is -4.02. The second kappa shape index (κ2) is 9.87. The first-order valence-electron chi connectivity index (χ1n) is 5.61. The third-order valence-corrected chi connectivity index (χ3v) is 6.00. The lowest BCUT2D eigenvalue weighted by Crippen LogP contribution is -2.17. The summed E-state index contributed by atoms with van der Waals surface area (Å²) >= 11 is 2.25. The van der Waals surface area contributed by atoms with E-state index in [1.54, 1.807) is 0 Å². The minimum Gasteiger partial charge on any atom is -0.345 e. The molecule has 0 aliphatic rings. The van der Waals surface area contributed by atoms with Crippen LogP contribution in [0.3, 0.4) is 0 Å². The summed E-state index contributed by atoms with van der Waals surface area (Å²) in [7, 11) is -8.05. The van der Waals surface area contributed by atoms with E-state index in [4.69, 9.17) is 13.8 Å². The molecule has 0 aliphatic heterocycles. The number of ether oxygens (including phenoxy) is 1. The summed E-state index contributed by atoms with van der Waals surface area (Å²) < 4.78 is 65.1. The average Bonchev–Trinajstić information content (AvgIpc) is 2.32. The van der Waals surface area contributed by atoms with Crippen LogP contribution in [0.1, 0.15) is 0 Å². The Morgan fingerprint density at radius 3 is 1.48 bits per heavy atom. The van der Waals surface area contributed by atoms with Gasteiger partial charge in [-0.2, -0.15) is 16.8 Å². The molecular weight excluding hydrogens is 360 g/mol. The fraction of sp³-hybridized carbons (Fsp3) is 0.600. The van der Waals surface area contributed by atoms with Gasteiger partial charge in [-0.05, 0) is 0 Å². The van der Waals surface area contributed by atoms with Crippen molar-refractivity contribution in [3.05, 3.63) is 25.3 Å². The summed E-state index contributed by atoms with van der Waals surface area (Å²) in [4.78, 5) is 0. The Balaban J connectivity index is 4.23. The van der Waals surface area contributed by atoms with Crippen LogP contribution in [0.15, 0.2) is 25.3 Å². The highest BCUT2D eigenvalue weighted by Crippen LogP contribution is 2.22. The SMILES string of the molecule is C=CC(OC(C=C)SCCS(=O)(=O)O)SCCS(=O)(=O)O. The van der Waals surface area contributed by atoms with Crippen LogP contribution in [0.5, 0.6) is 0 Å². The Morgan fingerprint density at radius 2 is 1.24 bits per heavy atom. The van der Waals surface area contributed by atoms with Gasteiger partial charge in [-0.1, -0.05) is 25.3 Å². The normalized spacial score (nSPS) is 15.3. The lowest BCUT2D eigenvalue weighted by molar-refractivity contribution is 0.147. The van der Waals surface area contributed by atoms with Crippen molar-refractivity contribution in [1.82, 2.24) is 0 Å². The summed E-state index contributed by atoms with van der Waals surface area (Å²) in [6, 6.07) is 0. The molecule has 2 atom stereocenters. The quantitative estimate of drug-likeness (QED) is 0.294. The van der Waals surface area contributed by atoms with Crippen LogP contribution in [-0.4, -0.2) is 59.8 Å². The van der Waals surface area contributed by atoms with Gasteiger partial charge in [-0.25, -0.2) is 0 Å². The average molecular weight is 379 g/mol. The zero-order chi connectivity index (χ0) is 16.5. The molecule has 0 fully saturated rings. The standard InChI is InChI=1S/C10H18O7S4/c1-3-9(18-5-7-20(11,12)13)17-10(4-2)19-6-8-21(14,15)16/h3-4,9-10H,1-2,5-8H2,(H,11,12,13)(H,14,15,16). The van der Waals surface area contributed by atoms with Crippen molar-refractivity contribution in [3.63, 3.8) is 0 Å². The third kappa shape index (κ3) is 13.4. The summed E-state index contributed by atoms with van der Waals surface area (Å²) in [5.41, 5.74) is -1.07. The third-order valence-electron chi connectivity index (χ3n) is 1.90. The van der Waals surface area contributed by atoms with E-state index >= 15 is 0 Å². The molecule has 0 aromatic heterocycles. The summed E-state index contributed by atoms with van der Waals surface area (Å²) in [5.74, 6) is -0.565. The maximum Gasteiger partial charge on any atom is 0.265 e. The monoisotopic (exact) mass is 378 g/mol. The number of hydrogen-bond donors (Lipinski definition) is 2. The van der Waals surface area contributed by atoms with Crippen molar-refractivity contribution in [2.45, 2.75) is 10.9 Å². The second-order valence-corrected chi connectivity index (χ2v) is 9.21. The van der Waals surface area contributed by atoms with Crippen molar-refractivity contribution in [2.24, 2.45) is 0 Å². The van der Waals surface area contributed by atoms with Gasteiger partial charge in [0.1, 0.15) is 10.9 Å². The molecule has 0 amide bonds. The zero-order valence-electron chi connectivity index (χ0n) is 11.1.